The highest BCUT2D eigenvalue weighted by Gasteiger charge is 2.60. The molecule has 2 atom stereocenters. The number of aryl methyl sites for hydroxylation is 1. The van der Waals surface area contributed by atoms with E-state index in [0.29, 0.717) is 23.2 Å². The Balaban J connectivity index is 1.25. The van der Waals surface area contributed by atoms with Crippen LogP contribution in [0.15, 0.2) is 30.6 Å². The van der Waals surface area contributed by atoms with E-state index in [-0.39, 0.29) is 17.0 Å². The molecule has 1 aromatic carbocycles. The summed E-state index contributed by atoms with van der Waals surface area (Å²) in [4.78, 5) is 16.4. The normalized spacial score (nSPS) is 31.8. The van der Waals surface area contributed by atoms with Crippen LogP contribution >= 0.6 is 0 Å². The first-order valence-corrected chi connectivity index (χ1v) is 10.4. The Morgan fingerprint density at radius 2 is 1.87 bits per heavy atom. The van der Waals surface area contributed by atoms with Crippen molar-refractivity contribution in [1.82, 2.24) is 45.7 Å². The minimum absolute atomic E-state index is 0.0303. The fraction of sp³-hybridized carbons (Fsp3) is 0.550. The van der Waals surface area contributed by atoms with Crippen molar-refractivity contribution in [2.45, 2.75) is 49.6 Å². The summed E-state index contributed by atoms with van der Waals surface area (Å²) in [5.74, 6) is 1.72. The molecule has 1 amide bonds. The monoisotopic (exact) mass is 405 g/mol. The van der Waals surface area contributed by atoms with Crippen LogP contribution in [0.2, 0.25) is 0 Å². The molecule has 0 spiro atoms. The van der Waals surface area contributed by atoms with Gasteiger partial charge in [-0.15, -0.1) is 20.4 Å². The lowest BCUT2D eigenvalue weighted by Crippen LogP contribution is -2.66. The van der Waals surface area contributed by atoms with Crippen LogP contribution in [0, 0.1) is 11.8 Å². The minimum atomic E-state index is -0.195. The molecule has 2 unspecified atom stereocenters. The van der Waals surface area contributed by atoms with E-state index in [9.17, 15) is 4.79 Å². The van der Waals surface area contributed by atoms with Gasteiger partial charge in [-0.25, -0.2) is 0 Å². The summed E-state index contributed by atoms with van der Waals surface area (Å²) in [6.07, 6.45) is 7.86. The van der Waals surface area contributed by atoms with Crippen LogP contribution < -0.4 is 5.32 Å². The fourth-order valence-corrected chi connectivity index (χ4v) is 6.46. The summed E-state index contributed by atoms with van der Waals surface area (Å²) in [5, 5.41) is 28.1. The van der Waals surface area contributed by atoms with Crippen LogP contribution in [-0.4, -0.2) is 51.9 Å². The van der Waals surface area contributed by atoms with Gasteiger partial charge in [0, 0.05) is 16.7 Å². The van der Waals surface area contributed by atoms with E-state index in [1.165, 1.54) is 17.5 Å². The number of nitrogens with one attached hydrogen (secondary N) is 1. The molecule has 0 saturated heterocycles. The van der Waals surface area contributed by atoms with E-state index in [1.54, 1.807) is 7.05 Å². The smallest absolute Gasteiger partial charge is 0.251 e. The molecule has 4 bridgehead atoms. The van der Waals surface area contributed by atoms with Gasteiger partial charge in [-0.05, 0) is 72.9 Å². The quantitative estimate of drug-likeness (QED) is 0.696. The van der Waals surface area contributed by atoms with Crippen LogP contribution in [0.1, 0.15) is 48.9 Å². The molecule has 7 rings (SSSR count). The third-order valence-electron chi connectivity index (χ3n) is 7.10. The highest BCUT2D eigenvalue weighted by molar-refractivity contribution is 5.95. The van der Waals surface area contributed by atoms with Gasteiger partial charge in [0.15, 0.2) is 6.33 Å². The van der Waals surface area contributed by atoms with E-state index < -0.39 is 0 Å². The number of hydrogen-bond acceptors (Lipinski definition) is 7. The van der Waals surface area contributed by atoms with Crippen LogP contribution in [0.3, 0.4) is 0 Å². The number of amides is 1. The highest BCUT2D eigenvalue weighted by Crippen LogP contribution is 2.60. The van der Waals surface area contributed by atoms with Crippen LogP contribution in [0.25, 0.3) is 11.4 Å². The van der Waals surface area contributed by atoms with Crippen molar-refractivity contribution in [2.75, 3.05) is 0 Å². The summed E-state index contributed by atoms with van der Waals surface area (Å²) in [7, 11) is 1.73. The molecule has 2 heterocycles. The second kappa shape index (κ2) is 6.16. The Bertz CT molecular complexity index is 1070. The molecular formula is C20H23N9O. The maximum atomic E-state index is 13.2. The zero-order valence-electron chi connectivity index (χ0n) is 16.8. The third kappa shape index (κ3) is 2.73. The van der Waals surface area contributed by atoms with Crippen LogP contribution in [0.5, 0.6) is 0 Å². The summed E-state index contributed by atoms with van der Waals surface area (Å²) < 4.78 is 0. The summed E-state index contributed by atoms with van der Waals surface area (Å²) in [5.41, 5.74) is 1.17. The molecule has 0 radical (unpaired) electrons. The van der Waals surface area contributed by atoms with Gasteiger partial charge in [0.25, 0.3) is 5.91 Å². The van der Waals surface area contributed by atoms with Crippen LogP contribution in [0.4, 0.5) is 0 Å². The maximum absolute atomic E-state index is 13.2. The minimum Gasteiger partial charge on any atom is -0.346 e. The van der Waals surface area contributed by atoms with Crippen molar-refractivity contribution >= 4 is 5.91 Å². The van der Waals surface area contributed by atoms with Crippen molar-refractivity contribution in [3.8, 4) is 11.4 Å². The first-order valence-electron chi connectivity index (χ1n) is 10.4. The maximum Gasteiger partial charge on any atom is 0.251 e. The Kier molecular flexibility index (Phi) is 3.63. The number of tetrazole rings is 2. The lowest BCUT2D eigenvalue weighted by Gasteiger charge is -2.61. The molecule has 4 aliphatic carbocycles. The number of nitrogens with zero attached hydrogens (tertiary/aromatic N) is 8. The topological polar surface area (TPSA) is 116 Å². The number of carbonyl (C=O) groups excluding carboxylic acids is 1. The third-order valence-corrected chi connectivity index (χ3v) is 7.10. The summed E-state index contributed by atoms with van der Waals surface area (Å²) in [6, 6.07) is 7.39. The van der Waals surface area contributed by atoms with Crippen molar-refractivity contribution in [3.63, 3.8) is 0 Å². The van der Waals surface area contributed by atoms with E-state index >= 15 is 0 Å². The number of hydrogen-bond donors (Lipinski definition) is 1. The largest absolute Gasteiger partial charge is 0.346 e. The van der Waals surface area contributed by atoms with E-state index in [2.05, 4.69) is 36.1 Å². The Morgan fingerprint density at radius 3 is 2.50 bits per heavy atom. The fourth-order valence-electron chi connectivity index (χ4n) is 6.46. The molecule has 0 aliphatic heterocycles. The van der Waals surface area contributed by atoms with Gasteiger partial charge in [0.2, 0.25) is 5.82 Å². The molecule has 3 aromatic rings. The summed E-state index contributed by atoms with van der Waals surface area (Å²) in [6.45, 7) is 0. The Labute approximate surface area is 173 Å². The second-order valence-electron chi connectivity index (χ2n) is 9.32. The van der Waals surface area contributed by atoms with E-state index in [0.717, 1.165) is 37.7 Å². The van der Waals surface area contributed by atoms with E-state index in [4.69, 9.17) is 0 Å². The highest BCUT2D eigenvalue weighted by atomic mass is 16.1. The van der Waals surface area contributed by atoms with Crippen molar-refractivity contribution < 1.29 is 4.79 Å². The average Bonchev–Trinajstić information content (AvgIpc) is 3.39. The lowest BCUT2D eigenvalue weighted by molar-refractivity contribution is -0.0810. The zero-order chi connectivity index (χ0) is 20.3. The van der Waals surface area contributed by atoms with Gasteiger partial charge in [-0.1, -0.05) is 12.1 Å². The lowest BCUT2D eigenvalue weighted by atomic mass is 9.50. The molecule has 4 saturated carbocycles. The molecule has 1 N–H and O–H groups in total. The summed E-state index contributed by atoms with van der Waals surface area (Å²) >= 11 is 0. The second-order valence-corrected chi connectivity index (χ2v) is 9.32. The molecular weight excluding hydrogens is 382 g/mol. The van der Waals surface area contributed by atoms with Gasteiger partial charge in [0.05, 0.1) is 12.6 Å². The molecule has 30 heavy (non-hydrogen) atoms. The number of aromatic nitrogens is 8. The first-order chi connectivity index (χ1) is 14.5. The Hall–Kier alpha value is -3.17. The first kappa shape index (κ1) is 17.7. The van der Waals surface area contributed by atoms with Gasteiger partial charge in [0.1, 0.15) is 0 Å². The average molecular weight is 405 g/mol. The molecule has 154 valence electrons. The predicted octanol–water partition coefficient (Wildman–Crippen LogP) is 1.34. The number of benzene rings is 1. The molecule has 4 fully saturated rings. The SMILES string of the molecule is Cn1nnc(-c2ccc(C(=O)NC34CC5CC(C3)CC(n3ncnn3)(C5)C4)cc2)n1. The standard InChI is InChI=1S/C20H23N9O/c1-28-25-17(24-27-28)15-2-4-16(5-3-15)18(30)23-19-7-13-6-14(8-19)10-20(9-13,11-19)29-22-12-21-26-29/h2-5,12-14H,6-11H2,1H3,(H,23,30). The molecule has 2 aromatic heterocycles. The van der Waals surface area contributed by atoms with Gasteiger partial charge >= 0.3 is 0 Å². The van der Waals surface area contributed by atoms with Gasteiger partial charge < -0.3 is 5.32 Å². The molecule has 10 heteroatoms. The number of carbonyl (C=O) groups is 1. The zero-order valence-corrected chi connectivity index (χ0v) is 16.8. The van der Waals surface area contributed by atoms with Gasteiger partial charge in [-0.3, -0.25) is 4.79 Å². The van der Waals surface area contributed by atoms with Crippen molar-refractivity contribution in [1.29, 1.82) is 0 Å². The predicted molar refractivity (Wildman–Crippen MR) is 105 cm³/mol. The van der Waals surface area contributed by atoms with Crippen LogP contribution in [-0.2, 0) is 12.6 Å². The van der Waals surface area contributed by atoms with Crippen molar-refractivity contribution in [2.24, 2.45) is 18.9 Å². The van der Waals surface area contributed by atoms with E-state index in [1.807, 2.05) is 29.1 Å². The van der Waals surface area contributed by atoms with Gasteiger partial charge in [-0.2, -0.15) is 9.59 Å². The Morgan fingerprint density at radius 1 is 1.10 bits per heavy atom. The van der Waals surface area contributed by atoms with Crippen molar-refractivity contribution in [3.05, 3.63) is 36.2 Å². The number of rotatable bonds is 4. The molecule has 4 aliphatic rings. The molecule has 10 nitrogen and oxygen atoms in total.